The molecule has 4 aromatic heterocycles. The molecule has 37 heavy (non-hydrogen) atoms. The van der Waals surface area contributed by atoms with Gasteiger partial charge in [-0.25, -0.2) is 19.6 Å². The summed E-state index contributed by atoms with van der Waals surface area (Å²) in [6, 6.07) is 13.6. The normalized spacial score (nSPS) is 15.0. The molecule has 1 atom stereocenters. The van der Waals surface area contributed by atoms with Gasteiger partial charge in [-0.2, -0.15) is 0 Å². The fourth-order valence-electron chi connectivity index (χ4n) is 4.73. The van der Waals surface area contributed by atoms with Gasteiger partial charge in [-0.15, -0.1) is 5.10 Å². The van der Waals surface area contributed by atoms with Gasteiger partial charge in [-0.05, 0) is 61.7 Å². The molecule has 5 aromatic rings. The summed E-state index contributed by atoms with van der Waals surface area (Å²) in [6.45, 7) is 2.73. The standard InChI is InChI=1S/C27H23Cl2N7O/c1-16-14-35(15-31-16)24-10-9-23(32-27(24)37-2)25-33-26-19(4-3-11-36(26)34-25)20-12-17(5-7-21(20)29)22-8-6-18(28)13-30-22/h5-10,12-15,19H,3-4,11H2,1-2H3/t19-/m0/s1. The van der Waals surface area contributed by atoms with E-state index in [-0.39, 0.29) is 5.92 Å². The summed E-state index contributed by atoms with van der Waals surface area (Å²) < 4.78 is 9.44. The van der Waals surface area contributed by atoms with E-state index in [1.165, 1.54) is 0 Å². The average molecular weight is 532 g/mol. The second-order valence-corrected chi connectivity index (χ2v) is 9.80. The number of halogens is 2. The zero-order valence-corrected chi connectivity index (χ0v) is 21.8. The van der Waals surface area contributed by atoms with Crippen LogP contribution in [0.4, 0.5) is 0 Å². The van der Waals surface area contributed by atoms with Crippen molar-refractivity contribution in [1.29, 1.82) is 0 Å². The van der Waals surface area contributed by atoms with E-state index in [1.54, 1.807) is 19.6 Å². The Bertz CT molecular complexity index is 1590. The maximum atomic E-state index is 6.71. The highest BCUT2D eigenvalue weighted by molar-refractivity contribution is 6.31. The van der Waals surface area contributed by atoms with Crippen molar-refractivity contribution in [2.45, 2.75) is 32.2 Å². The molecule has 0 radical (unpaired) electrons. The van der Waals surface area contributed by atoms with Crippen LogP contribution in [0.15, 0.2) is 61.2 Å². The molecule has 0 fully saturated rings. The number of hydrogen-bond donors (Lipinski definition) is 0. The first-order valence-corrected chi connectivity index (χ1v) is 12.7. The van der Waals surface area contributed by atoms with Gasteiger partial charge in [0, 0.05) is 35.4 Å². The highest BCUT2D eigenvalue weighted by Gasteiger charge is 2.28. The minimum absolute atomic E-state index is 0.00448. The molecule has 0 saturated carbocycles. The summed E-state index contributed by atoms with van der Waals surface area (Å²) in [7, 11) is 1.60. The number of imidazole rings is 1. The molecule has 6 rings (SSSR count). The number of rotatable bonds is 5. The van der Waals surface area contributed by atoms with Crippen molar-refractivity contribution < 1.29 is 4.74 Å². The highest BCUT2D eigenvalue weighted by atomic mass is 35.5. The topological polar surface area (TPSA) is 83.5 Å². The van der Waals surface area contributed by atoms with E-state index in [0.29, 0.717) is 27.4 Å². The molecule has 1 aliphatic heterocycles. The number of pyridine rings is 2. The van der Waals surface area contributed by atoms with Gasteiger partial charge >= 0.3 is 0 Å². The average Bonchev–Trinajstić information content (AvgIpc) is 3.55. The van der Waals surface area contributed by atoms with Crippen molar-refractivity contribution in [3.05, 3.63) is 88.3 Å². The van der Waals surface area contributed by atoms with Crippen LogP contribution in [0.25, 0.3) is 28.5 Å². The van der Waals surface area contributed by atoms with Crippen LogP contribution in [0.2, 0.25) is 10.0 Å². The summed E-state index contributed by atoms with van der Waals surface area (Å²) in [5.74, 6) is 1.91. The molecule has 0 amide bonds. The molecule has 8 nitrogen and oxygen atoms in total. The van der Waals surface area contributed by atoms with Gasteiger partial charge in [-0.1, -0.05) is 29.3 Å². The van der Waals surface area contributed by atoms with Crippen LogP contribution in [0.1, 0.15) is 35.8 Å². The molecule has 10 heteroatoms. The van der Waals surface area contributed by atoms with Crippen LogP contribution < -0.4 is 4.74 Å². The van der Waals surface area contributed by atoms with Gasteiger partial charge in [0.2, 0.25) is 5.88 Å². The van der Waals surface area contributed by atoms with Crippen molar-refractivity contribution in [2.24, 2.45) is 0 Å². The van der Waals surface area contributed by atoms with E-state index in [1.807, 2.05) is 58.8 Å². The number of fused-ring (bicyclic) bond motifs is 1. The third-order valence-electron chi connectivity index (χ3n) is 6.52. The number of methoxy groups -OCH3 is 1. The lowest BCUT2D eigenvalue weighted by Crippen LogP contribution is -2.18. The zero-order valence-electron chi connectivity index (χ0n) is 20.3. The Labute approximate surface area is 223 Å². The molecular formula is C27H23Cl2N7O. The van der Waals surface area contributed by atoms with E-state index in [4.69, 9.17) is 43.0 Å². The maximum absolute atomic E-state index is 6.71. The Balaban J connectivity index is 1.37. The predicted octanol–water partition coefficient (Wildman–Crippen LogP) is 6.14. The second kappa shape index (κ2) is 9.61. The summed E-state index contributed by atoms with van der Waals surface area (Å²) in [5.41, 5.74) is 5.17. The van der Waals surface area contributed by atoms with Crippen LogP contribution in [-0.4, -0.2) is 41.4 Å². The molecule has 5 heterocycles. The van der Waals surface area contributed by atoms with Crippen molar-refractivity contribution in [2.75, 3.05) is 7.11 Å². The molecule has 0 N–H and O–H groups in total. The van der Waals surface area contributed by atoms with Crippen LogP contribution in [0.3, 0.4) is 0 Å². The zero-order chi connectivity index (χ0) is 25.5. The van der Waals surface area contributed by atoms with Crippen LogP contribution >= 0.6 is 23.2 Å². The van der Waals surface area contributed by atoms with Gasteiger partial charge in [0.25, 0.3) is 0 Å². The molecule has 0 aliphatic carbocycles. The molecule has 0 unspecified atom stereocenters. The molecule has 1 aromatic carbocycles. The van der Waals surface area contributed by atoms with Gasteiger partial charge in [-0.3, -0.25) is 4.98 Å². The quantitative estimate of drug-likeness (QED) is 0.271. The summed E-state index contributed by atoms with van der Waals surface area (Å²) in [5, 5.41) is 6.09. The third kappa shape index (κ3) is 4.47. The summed E-state index contributed by atoms with van der Waals surface area (Å²) >= 11 is 12.7. The van der Waals surface area contributed by atoms with Crippen molar-refractivity contribution in [1.82, 2.24) is 34.3 Å². The molecule has 0 saturated heterocycles. The van der Waals surface area contributed by atoms with E-state index in [2.05, 4.69) is 16.0 Å². The third-order valence-corrected chi connectivity index (χ3v) is 7.09. The van der Waals surface area contributed by atoms with Crippen molar-refractivity contribution in [3.8, 4) is 34.3 Å². The fraction of sp³-hybridized carbons (Fsp3) is 0.222. The minimum atomic E-state index is 0.00448. The SMILES string of the molecule is COc1nc(-c2nc3n(n2)CCC[C@H]3c2cc(-c3ccc(Cl)cn3)ccc2Cl)ccc1-n1cnc(C)c1. The molecule has 0 bridgehead atoms. The van der Waals surface area contributed by atoms with E-state index in [0.717, 1.165) is 53.4 Å². The van der Waals surface area contributed by atoms with Crippen LogP contribution in [-0.2, 0) is 6.54 Å². The summed E-state index contributed by atoms with van der Waals surface area (Å²) in [4.78, 5) is 18.4. The first-order chi connectivity index (χ1) is 18.0. The summed E-state index contributed by atoms with van der Waals surface area (Å²) in [6.07, 6.45) is 7.20. The van der Waals surface area contributed by atoms with E-state index >= 15 is 0 Å². The van der Waals surface area contributed by atoms with Crippen molar-refractivity contribution in [3.63, 3.8) is 0 Å². The number of aromatic nitrogens is 7. The number of hydrogen-bond acceptors (Lipinski definition) is 6. The maximum Gasteiger partial charge on any atom is 0.238 e. The number of aryl methyl sites for hydroxylation is 2. The lowest BCUT2D eigenvalue weighted by atomic mass is 9.89. The molecule has 1 aliphatic rings. The lowest BCUT2D eigenvalue weighted by Gasteiger charge is -2.23. The smallest absolute Gasteiger partial charge is 0.238 e. The van der Waals surface area contributed by atoms with Crippen LogP contribution in [0.5, 0.6) is 5.88 Å². The highest BCUT2D eigenvalue weighted by Crippen LogP contribution is 2.39. The fourth-order valence-corrected chi connectivity index (χ4v) is 5.09. The lowest BCUT2D eigenvalue weighted by molar-refractivity contribution is 0.396. The van der Waals surface area contributed by atoms with Gasteiger partial charge in [0.05, 0.1) is 29.8 Å². The Hall–Kier alpha value is -3.75. The Morgan fingerprint density at radius 3 is 2.62 bits per heavy atom. The largest absolute Gasteiger partial charge is 0.479 e. The monoisotopic (exact) mass is 531 g/mol. The molecular weight excluding hydrogens is 509 g/mol. The predicted molar refractivity (Wildman–Crippen MR) is 142 cm³/mol. The van der Waals surface area contributed by atoms with Gasteiger partial charge in [0.1, 0.15) is 17.2 Å². The van der Waals surface area contributed by atoms with Crippen molar-refractivity contribution >= 4 is 23.2 Å². The van der Waals surface area contributed by atoms with E-state index in [9.17, 15) is 0 Å². The minimum Gasteiger partial charge on any atom is -0.479 e. The van der Waals surface area contributed by atoms with Gasteiger partial charge < -0.3 is 9.30 Å². The van der Waals surface area contributed by atoms with E-state index < -0.39 is 0 Å². The first kappa shape index (κ1) is 23.6. The number of benzene rings is 1. The van der Waals surface area contributed by atoms with Gasteiger partial charge in [0.15, 0.2) is 5.82 Å². The Morgan fingerprint density at radius 1 is 1.00 bits per heavy atom. The molecule has 0 spiro atoms. The number of nitrogens with zero attached hydrogens (tertiary/aromatic N) is 7. The number of ether oxygens (including phenoxy) is 1. The Kier molecular flexibility index (Phi) is 6.14. The molecule has 186 valence electrons. The second-order valence-electron chi connectivity index (χ2n) is 8.96. The Morgan fingerprint density at radius 2 is 1.86 bits per heavy atom. The first-order valence-electron chi connectivity index (χ1n) is 11.9. The van der Waals surface area contributed by atoms with Crippen LogP contribution in [0, 0.1) is 6.92 Å².